The quantitative estimate of drug-likeness (QED) is 0.493. The van der Waals surface area contributed by atoms with Gasteiger partial charge < -0.3 is 9.47 Å². The predicted molar refractivity (Wildman–Crippen MR) is 83.6 cm³/mol. The van der Waals surface area contributed by atoms with Crippen LogP contribution < -0.4 is 4.74 Å². The fourth-order valence-electron chi connectivity index (χ4n) is 1.82. The van der Waals surface area contributed by atoms with Crippen molar-refractivity contribution in [1.82, 2.24) is 0 Å². The molecule has 0 saturated heterocycles. The van der Waals surface area contributed by atoms with Gasteiger partial charge in [-0.3, -0.25) is 0 Å². The second-order valence-corrected chi connectivity index (χ2v) is 4.65. The summed E-state index contributed by atoms with van der Waals surface area (Å²) in [6.07, 6.45) is 2.97. The summed E-state index contributed by atoms with van der Waals surface area (Å²) in [4.78, 5) is 23.5. The van der Waals surface area contributed by atoms with Crippen LogP contribution >= 0.6 is 0 Å². The molecule has 0 atom stereocenters. The highest BCUT2D eigenvalue weighted by molar-refractivity contribution is 5.95. The molecule has 0 heterocycles. The molecule has 0 radical (unpaired) electrons. The van der Waals surface area contributed by atoms with Crippen LogP contribution in [0.2, 0.25) is 0 Å². The van der Waals surface area contributed by atoms with Gasteiger partial charge in [0.2, 0.25) is 0 Å². The number of para-hydroxylation sites is 1. The van der Waals surface area contributed by atoms with Crippen LogP contribution in [0.4, 0.5) is 0 Å². The zero-order chi connectivity index (χ0) is 15.9. The second kappa shape index (κ2) is 7.22. The Balaban J connectivity index is 2.09. The van der Waals surface area contributed by atoms with E-state index in [2.05, 4.69) is 4.74 Å². The molecule has 2 aromatic carbocycles. The van der Waals surface area contributed by atoms with E-state index in [1.807, 2.05) is 31.2 Å². The SMILES string of the molecule is COC(=O)c1ccccc1OC(=O)C=Cc1ccc(C)cc1. The van der Waals surface area contributed by atoms with Crippen molar-refractivity contribution in [3.63, 3.8) is 0 Å². The first-order chi connectivity index (χ1) is 10.6. The number of hydrogen-bond acceptors (Lipinski definition) is 4. The highest BCUT2D eigenvalue weighted by Gasteiger charge is 2.13. The van der Waals surface area contributed by atoms with Crippen LogP contribution in [0, 0.1) is 6.92 Å². The fraction of sp³-hybridized carbons (Fsp3) is 0.111. The molecule has 2 aromatic rings. The third-order valence-corrected chi connectivity index (χ3v) is 2.99. The lowest BCUT2D eigenvalue weighted by Gasteiger charge is -2.06. The van der Waals surface area contributed by atoms with Gasteiger partial charge in [-0.05, 0) is 30.7 Å². The summed E-state index contributed by atoms with van der Waals surface area (Å²) in [6.45, 7) is 1.99. The molecule has 0 N–H and O–H groups in total. The molecule has 0 aliphatic carbocycles. The monoisotopic (exact) mass is 296 g/mol. The van der Waals surface area contributed by atoms with Gasteiger partial charge in [0.15, 0.2) is 0 Å². The van der Waals surface area contributed by atoms with Gasteiger partial charge in [0.1, 0.15) is 11.3 Å². The van der Waals surface area contributed by atoms with Gasteiger partial charge in [-0.25, -0.2) is 9.59 Å². The molecule has 4 nitrogen and oxygen atoms in total. The van der Waals surface area contributed by atoms with Crippen molar-refractivity contribution in [2.75, 3.05) is 7.11 Å². The van der Waals surface area contributed by atoms with E-state index in [9.17, 15) is 9.59 Å². The minimum atomic E-state index is -0.558. The number of benzene rings is 2. The first-order valence-electron chi connectivity index (χ1n) is 6.74. The minimum Gasteiger partial charge on any atom is -0.465 e. The van der Waals surface area contributed by atoms with E-state index >= 15 is 0 Å². The molecule has 2 rings (SSSR count). The first kappa shape index (κ1) is 15.5. The zero-order valence-corrected chi connectivity index (χ0v) is 12.4. The lowest BCUT2D eigenvalue weighted by atomic mass is 10.1. The average Bonchev–Trinajstić information content (AvgIpc) is 2.54. The number of carbonyl (C=O) groups excluding carboxylic acids is 2. The maximum absolute atomic E-state index is 11.9. The maximum atomic E-state index is 11.9. The Morgan fingerprint density at radius 3 is 2.36 bits per heavy atom. The first-order valence-corrected chi connectivity index (χ1v) is 6.74. The number of methoxy groups -OCH3 is 1. The number of hydrogen-bond donors (Lipinski definition) is 0. The molecular formula is C18H16O4. The third kappa shape index (κ3) is 4.06. The molecule has 0 aliphatic rings. The fourth-order valence-corrected chi connectivity index (χ4v) is 1.82. The summed E-state index contributed by atoms with van der Waals surface area (Å²) in [7, 11) is 1.28. The van der Waals surface area contributed by atoms with E-state index in [0.29, 0.717) is 0 Å². The van der Waals surface area contributed by atoms with E-state index in [-0.39, 0.29) is 11.3 Å². The van der Waals surface area contributed by atoms with E-state index in [0.717, 1.165) is 11.1 Å². The number of aryl methyl sites for hydroxylation is 1. The summed E-state index contributed by atoms with van der Waals surface area (Å²) in [5, 5.41) is 0. The highest BCUT2D eigenvalue weighted by Crippen LogP contribution is 2.19. The van der Waals surface area contributed by atoms with Crippen molar-refractivity contribution < 1.29 is 19.1 Å². The normalized spacial score (nSPS) is 10.5. The molecule has 0 saturated carbocycles. The molecular weight excluding hydrogens is 280 g/mol. The Bertz CT molecular complexity index is 699. The highest BCUT2D eigenvalue weighted by atomic mass is 16.5. The lowest BCUT2D eigenvalue weighted by Crippen LogP contribution is -2.09. The van der Waals surface area contributed by atoms with Gasteiger partial charge >= 0.3 is 11.9 Å². The van der Waals surface area contributed by atoms with Crippen molar-refractivity contribution >= 4 is 18.0 Å². The Kier molecular flexibility index (Phi) is 5.09. The molecule has 0 spiro atoms. The van der Waals surface area contributed by atoms with Crippen LogP contribution in [0.3, 0.4) is 0 Å². The molecule has 22 heavy (non-hydrogen) atoms. The molecule has 112 valence electrons. The summed E-state index contributed by atoms with van der Waals surface area (Å²) < 4.78 is 9.84. The molecule has 0 amide bonds. The van der Waals surface area contributed by atoms with Crippen LogP contribution in [-0.4, -0.2) is 19.0 Å². The van der Waals surface area contributed by atoms with Crippen molar-refractivity contribution in [3.8, 4) is 5.75 Å². The van der Waals surface area contributed by atoms with Crippen molar-refractivity contribution in [3.05, 3.63) is 71.3 Å². The van der Waals surface area contributed by atoms with Crippen LogP contribution in [-0.2, 0) is 9.53 Å². The summed E-state index contributed by atoms with van der Waals surface area (Å²) >= 11 is 0. The summed E-state index contributed by atoms with van der Waals surface area (Å²) in [5.41, 5.74) is 2.25. The largest absolute Gasteiger partial charge is 0.465 e. The number of carbonyl (C=O) groups is 2. The van der Waals surface area contributed by atoms with E-state index in [1.165, 1.54) is 19.3 Å². The van der Waals surface area contributed by atoms with Crippen molar-refractivity contribution in [1.29, 1.82) is 0 Å². The van der Waals surface area contributed by atoms with Crippen molar-refractivity contribution in [2.24, 2.45) is 0 Å². The number of ether oxygens (including phenoxy) is 2. The Hall–Kier alpha value is -2.88. The Morgan fingerprint density at radius 2 is 1.68 bits per heavy atom. The molecule has 0 aromatic heterocycles. The summed E-state index contributed by atoms with van der Waals surface area (Å²) in [5.74, 6) is -0.934. The van der Waals surface area contributed by atoms with Gasteiger partial charge in [-0.1, -0.05) is 42.0 Å². The van der Waals surface area contributed by atoms with Crippen LogP contribution in [0.25, 0.3) is 6.08 Å². The zero-order valence-electron chi connectivity index (χ0n) is 12.4. The molecule has 0 aliphatic heterocycles. The smallest absolute Gasteiger partial charge is 0.341 e. The van der Waals surface area contributed by atoms with E-state index in [4.69, 9.17) is 4.74 Å². The van der Waals surface area contributed by atoms with E-state index < -0.39 is 11.9 Å². The third-order valence-electron chi connectivity index (χ3n) is 2.99. The molecule has 4 heteroatoms. The van der Waals surface area contributed by atoms with Gasteiger partial charge in [0.05, 0.1) is 7.11 Å². The van der Waals surface area contributed by atoms with Crippen LogP contribution in [0.1, 0.15) is 21.5 Å². The van der Waals surface area contributed by atoms with Gasteiger partial charge in [-0.2, -0.15) is 0 Å². The molecule has 0 unspecified atom stereocenters. The average molecular weight is 296 g/mol. The van der Waals surface area contributed by atoms with Crippen LogP contribution in [0.5, 0.6) is 5.75 Å². The summed E-state index contributed by atoms with van der Waals surface area (Å²) in [6, 6.07) is 14.2. The molecule has 0 bridgehead atoms. The van der Waals surface area contributed by atoms with E-state index in [1.54, 1.807) is 24.3 Å². The topological polar surface area (TPSA) is 52.6 Å². The van der Waals surface area contributed by atoms with Crippen molar-refractivity contribution in [2.45, 2.75) is 6.92 Å². The Labute approximate surface area is 129 Å². The lowest BCUT2D eigenvalue weighted by molar-refractivity contribution is -0.128. The van der Waals surface area contributed by atoms with Gasteiger partial charge in [0.25, 0.3) is 0 Å². The Morgan fingerprint density at radius 1 is 1.00 bits per heavy atom. The molecule has 0 fully saturated rings. The maximum Gasteiger partial charge on any atom is 0.341 e. The standard InChI is InChI=1S/C18H16O4/c1-13-7-9-14(10-8-13)11-12-17(19)22-16-6-4-3-5-15(16)18(20)21-2/h3-12H,1-2H3. The van der Waals surface area contributed by atoms with Crippen LogP contribution in [0.15, 0.2) is 54.6 Å². The predicted octanol–water partition coefficient (Wildman–Crippen LogP) is 3.40. The number of esters is 2. The second-order valence-electron chi connectivity index (χ2n) is 4.65. The van der Waals surface area contributed by atoms with Gasteiger partial charge in [0, 0.05) is 6.08 Å². The minimum absolute atomic E-state index is 0.174. The van der Waals surface area contributed by atoms with Gasteiger partial charge in [-0.15, -0.1) is 0 Å². The number of rotatable bonds is 4.